The fraction of sp³-hybridized carbons (Fsp3) is 1.00. The molecule has 0 aliphatic carbocycles. The van der Waals surface area contributed by atoms with Gasteiger partial charge in [0.2, 0.25) is 0 Å². The van der Waals surface area contributed by atoms with Crippen molar-refractivity contribution in [2.75, 3.05) is 6.61 Å². The average molecular weight is 195 g/mol. The number of aliphatic hydroxyl groups is 4. The molecule has 5 atom stereocenters. The van der Waals surface area contributed by atoms with E-state index in [9.17, 15) is 10.2 Å². The van der Waals surface area contributed by atoms with Crippen LogP contribution in [0.15, 0.2) is 0 Å². The fourth-order valence-corrected chi connectivity index (χ4v) is 1.22. The van der Waals surface area contributed by atoms with Crippen molar-refractivity contribution in [2.45, 2.75) is 30.7 Å². The molecule has 0 unspecified atom stereocenters. The molecular weight excluding hydrogens is 182 g/mol. The summed E-state index contributed by atoms with van der Waals surface area (Å²) in [5.41, 5.74) is 0. The molecule has 0 bridgehead atoms. The van der Waals surface area contributed by atoms with Crippen LogP contribution in [0, 0.1) is 0 Å². The molecule has 0 aromatic heterocycles. The Balaban J connectivity index is 2.66. The highest BCUT2D eigenvalue weighted by Crippen LogP contribution is 2.20. The van der Waals surface area contributed by atoms with Gasteiger partial charge in [-0.2, -0.15) is 0 Å². The third-order valence-electron chi connectivity index (χ3n) is 2.00. The Hall–Kier alpha value is -0.280. The minimum Gasteiger partial charge on any atom is -0.394 e. The first-order valence-corrected chi connectivity index (χ1v) is 3.78. The van der Waals surface area contributed by atoms with Gasteiger partial charge in [0.1, 0.15) is 18.3 Å². The minimum atomic E-state index is -1.46. The Morgan fingerprint density at radius 2 is 1.85 bits per heavy atom. The van der Waals surface area contributed by atoms with E-state index >= 15 is 0 Å². The summed E-state index contributed by atoms with van der Waals surface area (Å²) in [6.45, 7) is -0.507. The maximum absolute atomic E-state index is 9.30. The van der Waals surface area contributed by atoms with E-state index in [1.807, 2.05) is 0 Å². The highest BCUT2D eigenvalue weighted by atomic mass is 16.7. The Morgan fingerprint density at radius 1 is 1.23 bits per heavy atom. The Kier molecular flexibility index (Phi) is 3.56. The van der Waals surface area contributed by atoms with E-state index in [1.54, 1.807) is 0 Å². The maximum atomic E-state index is 9.30. The van der Waals surface area contributed by atoms with Gasteiger partial charge in [-0.3, -0.25) is 4.84 Å². The van der Waals surface area contributed by atoms with Gasteiger partial charge < -0.3 is 25.2 Å². The van der Waals surface area contributed by atoms with Gasteiger partial charge in [-0.15, -0.1) is 0 Å². The zero-order valence-electron chi connectivity index (χ0n) is 6.78. The molecule has 0 saturated carbocycles. The minimum absolute atomic E-state index is 0.507. The van der Waals surface area contributed by atoms with Crippen LogP contribution in [-0.4, -0.2) is 57.7 Å². The summed E-state index contributed by atoms with van der Waals surface area (Å²) in [5.74, 6) is 4.76. The van der Waals surface area contributed by atoms with Gasteiger partial charge in [0.15, 0.2) is 12.4 Å². The second-order valence-corrected chi connectivity index (χ2v) is 2.83. The van der Waals surface area contributed by atoms with E-state index in [-0.39, 0.29) is 0 Å². The molecule has 1 heterocycles. The van der Waals surface area contributed by atoms with Crippen LogP contribution in [0.4, 0.5) is 0 Å². The molecule has 1 fully saturated rings. The topological polar surface area (TPSA) is 125 Å². The van der Waals surface area contributed by atoms with Crippen molar-refractivity contribution in [1.82, 2.24) is 0 Å². The van der Waals surface area contributed by atoms with Gasteiger partial charge in [-0.25, -0.2) is 5.90 Å². The molecule has 1 aliphatic rings. The lowest BCUT2D eigenvalue weighted by Gasteiger charge is -2.38. The van der Waals surface area contributed by atoms with Crippen molar-refractivity contribution in [2.24, 2.45) is 5.90 Å². The van der Waals surface area contributed by atoms with E-state index in [4.69, 9.17) is 20.8 Å². The highest BCUT2D eigenvalue weighted by molar-refractivity contribution is 4.88. The van der Waals surface area contributed by atoms with E-state index in [0.29, 0.717) is 0 Å². The zero-order valence-corrected chi connectivity index (χ0v) is 6.78. The number of hydrogen-bond acceptors (Lipinski definition) is 7. The second kappa shape index (κ2) is 4.29. The average Bonchev–Trinajstić information content (AvgIpc) is 2.12. The van der Waals surface area contributed by atoms with Crippen molar-refractivity contribution in [3.05, 3.63) is 0 Å². The molecule has 13 heavy (non-hydrogen) atoms. The smallest absolute Gasteiger partial charge is 0.186 e. The summed E-state index contributed by atoms with van der Waals surface area (Å²) in [4.78, 5) is 4.21. The molecular formula is C6H13NO6. The first kappa shape index (κ1) is 10.8. The van der Waals surface area contributed by atoms with Crippen molar-refractivity contribution < 1.29 is 30.0 Å². The monoisotopic (exact) mass is 195 g/mol. The van der Waals surface area contributed by atoms with Gasteiger partial charge in [0.25, 0.3) is 0 Å². The molecule has 1 aliphatic heterocycles. The first-order chi connectivity index (χ1) is 6.11. The Labute approximate surface area is 74.3 Å². The third-order valence-corrected chi connectivity index (χ3v) is 2.00. The number of aliphatic hydroxyl groups excluding tert-OH is 4. The summed E-state index contributed by atoms with van der Waals surface area (Å²) in [6, 6.07) is 0. The maximum Gasteiger partial charge on any atom is 0.186 e. The quantitative estimate of drug-likeness (QED) is 0.292. The highest BCUT2D eigenvalue weighted by Gasteiger charge is 2.44. The van der Waals surface area contributed by atoms with Gasteiger partial charge in [-0.05, 0) is 0 Å². The standard InChI is InChI=1S/C6H13NO6/c7-13-5-4(10)3(9)2(1-8)12-6(5)11/h2-6,8-11H,1,7H2/t2-,3+,4+,5+,6+/m0/s1. The predicted octanol–water partition coefficient (Wildman–Crippen LogP) is -3.32. The lowest BCUT2D eigenvalue weighted by atomic mass is 9.99. The third kappa shape index (κ3) is 1.97. The molecule has 0 spiro atoms. The van der Waals surface area contributed by atoms with Crippen molar-refractivity contribution >= 4 is 0 Å². The summed E-state index contributed by atoms with van der Waals surface area (Å²) >= 11 is 0. The molecule has 0 aromatic rings. The van der Waals surface area contributed by atoms with Crippen LogP contribution >= 0.6 is 0 Å². The molecule has 0 aromatic carbocycles. The lowest BCUT2D eigenvalue weighted by Crippen LogP contribution is -2.59. The van der Waals surface area contributed by atoms with Crippen LogP contribution in [0.3, 0.4) is 0 Å². The van der Waals surface area contributed by atoms with E-state index in [1.165, 1.54) is 0 Å². The number of hydrogen-bond donors (Lipinski definition) is 5. The fourth-order valence-electron chi connectivity index (χ4n) is 1.22. The van der Waals surface area contributed by atoms with Gasteiger partial charge >= 0.3 is 0 Å². The van der Waals surface area contributed by atoms with Crippen LogP contribution < -0.4 is 5.90 Å². The van der Waals surface area contributed by atoms with E-state index in [0.717, 1.165) is 0 Å². The van der Waals surface area contributed by atoms with E-state index in [2.05, 4.69) is 4.84 Å². The van der Waals surface area contributed by atoms with Gasteiger partial charge in [-0.1, -0.05) is 0 Å². The second-order valence-electron chi connectivity index (χ2n) is 2.83. The van der Waals surface area contributed by atoms with Crippen molar-refractivity contribution in [3.63, 3.8) is 0 Å². The lowest BCUT2D eigenvalue weighted by molar-refractivity contribution is -0.297. The molecule has 7 heteroatoms. The predicted molar refractivity (Wildman–Crippen MR) is 39.0 cm³/mol. The van der Waals surface area contributed by atoms with Crippen LogP contribution in [0.25, 0.3) is 0 Å². The van der Waals surface area contributed by atoms with Gasteiger partial charge in [0.05, 0.1) is 6.61 Å². The summed E-state index contributed by atoms with van der Waals surface area (Å²) in [7, 11) is 0. The van der Waals surface area contributed by atoms with Crippen LogP contribution in [-0.2, 0) is 9.57 Å². The molecule has 1 rings (SSSR count). The zero-order chi connectivity index (χ0) is 10.0. The van der Waals surface area contributed by atoms with Crippen LogP contribution in [0.5, 0.6) is 0 Å². The molecule has 6 N–H and O–H groups in total. The van der Waals surface area contributed by atoms with Crippen LogP contribution in [0.2, 0.25) is 0 Å². The molecule has 78 valence electrons. The Morgan fingerprint density at radius 3 is 2.31 bits per heavy atom. The van der Waals surface area contributed by atoms with Crippen molar-refractivity contribution in [1.29, 1.82) is 0 Å². The summed E-state index contributed by atoms with van der Waals surface area (Å²) in [5, 5.41) is 36.4. The van der Waals surface area contributed by atoms with Crippen molar-refractivity contribution in [3.8, 4) is 0 Å². The normalized spacial score (nSPS) is 46.4. The first-order valence-electron chi connectivity index (χ1n) is 3.78. The SMILES string of the molecule is NO[C@@H]1[C@H](O)[C@H](O)[C@H](CO)O[C@H]1O. The summed E-state index contributed by atoms with van der Waals surface area (Å²) in [6.07, 6.45) is -6.41. The molecule has 1 saturated heterocycles. The Bertz CT molecular complexity index is 167. The van der Waals surface area contributed by atoms with Crippen LogP contribution in [0.1, 0.15) is 0 Å². The largest absolute Gasteiger partial charge is 0.394 e. The summed E-state index contributed by atoms with van der Waals surface area (Å²) < 4.78 is 4.71. The molecule has 7 nitrogen and oxygen atoms in total. The number of rotatable bonds is 2. The van der Waals surface area contributed by atoms with Gasteiger partial charge in [0, 0.05) is 0 Å². The number of ether oxygens (including phenoxy) is 1. The number of nitrogens with two attached hydrogens (primary N) is 1. The van der Waals surface area contributed by atoms with E-state index < -0.39 is 37.3 Å². The molecule has 0 radical (unpaired) electrons. The molecule has 0 amide bonds.